The van der Waals surface area contributed by atoms with Crippen molar-refractivity contribution in [3.8, 4) is 0 Å². The molecule has 31 heavy (non-hydrogen) atoms. The fourth-order valence-corrected chi connectivity index (χ4v) is 5.06. The first kappa shape index (κ1) is 22.0. The van der Waals surface area contributed by atoms with Crippen molar-refractivity contribution in [3.05, 3.63) is 75.2 Å². The van der Waals surface area contributed by atoms with Crippen LogP contribution in [0.1, 0.15) is 35.8 Å². The van der Waals surface area contributed by atoms with Crippen LogP contribution in [0.5, 0.6) is 0 Å². The molecular weight excluding hydrogens is 476 g/mol. The van der Waals surface area contributed by atoms with E-state index in [1.165, 1.54) is 16.9 Å². The highest BCUT2D eigenvalue weighted by Crippen LogP contribution is 2.29. The molecule has 1 amide bonds. The number of thiazole rings is 1. The molecule has 4 rings (SSSR count). The van der Waals surface area contributed by atoms with Gasteiger partial charge in [0.25, 0.3) is 0 Å². The Labute approximate surface area is 194 Å². The first-order valence-electron chi connectivity index (χ1n) is 10.2. The minimum atomic E-state index is -0.497. The van der Waals surface area contributed by atoms with Crippen LogP contribution in [0, 0.1) is 0 Å². The van der Waals surface area contributed by atoms with Gasteiger partial charge in [0.2, 0.25) is 5.91 Å². The van der Waals surface area contributed by atoms with E-state index in [0.717, 1.165) is 35.0 Å². The largest absolute Gasteiger partial charge is 0.387 e. The zero-order chi connectivity index (χ0) is 21.8. The van der Waals surface area contributed by atoms with Crippen molar-refractivity contribution >= 4 is 44.0 Å². The Morgan fingerprint density at radius 3 is 2.81 bits per heavy atom. The van der Waals surface area contributed by atoms with Gasteiger partial charge in [0.1, 0.15) is 0 Å². The van der Waals surface area contributed by atoms with Gasteiger partial charge in [-0.3, -0.25) is 4.79 Å². The maximum absolute atomic E-state index is 12.3. The quantitative estimate of drug-likeness (QED) is 0.391. The minimum Gasteiger partial charge on any atom is -0.387 e. The van der Waals surface area contributed by atoms with Crippen molar-refractivity contribution in [2.75, 3.05) is 11.1 Å². The molecule has 1 unspecified atom stereocenters. The molecule has 6 nitrogen and oxygen atoms in total. The maximum Gasteiger partial charge on any atom is 0.230 e. The number of nitrogen functional groups attached to an aromatic ring is 1. The molecule has 1 fully saturated rings. The molecule has 8 heteroatoms. The molecule has 0 saturated carbocycles. The SMILES string of the molecule is Nc1nc(CC(=O)Nc2ccc(CC3CC[C@H]([C@H](O)c4ccccc4)N3)cc2Br)cs1. The molecule has 3 atom stereocenters. The Kier molecular flexibility index (Phi) is 7.02. The van der Waals surface area contributed by atoms with Crippen LogP contribution in [0.25, 0.3) is 0 Å². The number of aliphatic hydroxyl groups excluding tert-OH is 1. The summed E-state index contributed by atoms with van der Waals surface area (Å²) in [6.07, 6.45) is 2.52. The van der Waals surface area contributed by atoms with Crippen LogP contribution in [0.4, 0.5) is 10.8 Å². The molecule has 1 aliphatic rings. The molecule has 2 aromatic carbocycles. The Balaban J connectivity index is 1.31. The number of carbonyl (C=O) groups excluding carboxylic acids is 1. The second kappa shape index (κ2) is 9.91. The summed E-state index contributed by atoms with van der Waals surface area (Å²) in [5, 5.41) is 19.4. The lowest BCUT2D eigenvalue weighted by Gasteiger charge is -2.20. The lowest BCUT2D eigenvalue weighted by atomic mass is 10.0. The lowest BCUT2D eigenvalue weighted by Crippen LogP contribution is -2.35. The van der Waals surface area contributed by atoms with Crippen LogP contribution >= 0.6 is 27.3 Å². The Hall–Kier alpha value is -2.26. The Bertz CT molecular complexity index is 1040. The van der Waals surface area contributed by atoms with Gasteiger partial charge in [-0.1, -0.05) is 36.4 Å². The van der Waals surface area contributed by atoms with Crippen LogP contribution in [0.3, 0.4) is 0 Å². The second-order valence-corrected chi connectivity index (χ2v) is 9.57. The summed E-state index contributed by atoms with van der Waals surface area (Å²) in [6, 6.07) is 16.2. The van der Waals surface area contributed by atoms with Gasteiger partial charge in [0.05, 0.1) is 23.9 Å². The van der Waals surface area contributed by atoms with Gasteiger partial charge in [-0.15, -0.1) is 11.3 Å². The maximum atomic E-state index is 12.3. The summed E-state index contributed by atoms with van der Waals surface area (Å²) in [6.45, 7) is 0. The van der Waals surface area contributed by atoms with Gasteiger partial charge in [-0.25, -0.2) is 4.98 Å². The van der Waals surface area contributed by atoms with Crippen LogP contribution in [-0.2, 0) is 17.6 Å². The number of benzene rings is 2. The van der Waals surface area contributed by atoms with E-state index in [9.17, 15) is 9.90 Å². The predicted molar refractivity (Wildman–Crippen MR) is 128 cm³/mol. The molecular formula is C23H25BrN4O2S. The number of aliphatic hydroxyl groups is 1. The predicted octanol–water partition coefficient (Wildman–Crippen LogP) is 4.07. The smallest absolute Gasteiger partial charge is 0.230 e. The number of anilines is 2. The van der Waals surface area contributed by atoms with E-state index in [1.54, 1.807) is 5.38 Å². The normalized spacial score (nSPS) is 19.3. The molecule has 1 aliphatic heterocycles. The summed E-state index contributed by atoms with van der Waals surface area (Å²) >= 11 is 4.90. The number of amides is 1. The first-order chi connectivity index (χ1) is 15.0. The fraction of sp³-hybridized carbons (Fsp3) is 0.304. The van der Waals surface area contributed by atoms with E-state index in [0.29, 0.717) is 16.9 Å². The molecule has 2 heterocycles. The summed E-state index contributed by atoms with van der Waals surface area (Å²) in [4.78, 5) is 16.4. The number of nitrogens with two attached hydrogens (primary N) is 1. The van der Waals surface area contributed by atoms with E-state index in [1.807, 2.05) is 48.5 Å². The number of carbonyl (C=O) groups is 1. The molecule has 0 radical (unpaired) electrons. The number of halogens is 1. The third-order valence-corrected chi connectivity index (χ3v) is 6.88. The topological polar surface area (TPSA) is 100 Å². The second-order valence-electron chi connectivity index (χ2n) is 7.82. The Morgan fingerprint density at radius 2 is 2.10 bits per heavy atom. The molecule has 3 aromatic rings. The van der Waals surface area contributed by atoms with Gasteiger partial charge >= 0.3 is 0 Å². The van der Waals surface area contributed by atoms with Crippen molar-refractivity contribution in [2.45, 2.75) is 43.9 Å². The zero-order valence-electron chi connectivity index (χ0n) is 16.9. The van der Waals surface area contributed by atoms with Crippen LogP contribution < -0.4 is 16.4 Å². The summed E-state index contributed by atoms with van der Waals surface area (Å²) in [7, 11) is 0. The van der Waals surface area contributed by atoms with Crippen molar-refractivity contribution in [3.63, 3.8) is 0 Å². The minimum absolute atomic E-state index is 0.0640. The average molecular weight is 501 g/mol. The number of aromatic nitrogens is 1. The molecule has 0 aliphatic carbocycles. The monoisotopic (exact) mass is 500 g/mol. The van der Waals surface area contributed by atoms with Gasteiger partial charge in [0.15, 0.2) is 5.13 Å². The molecule has 0 bridgehead atoms. The average Bonchev–Trinajstić information content (AvgIpc) is 3.39. The zero-order valence-corrected chi connectivity index (χ0v) is 19.3. The fourth-order valence-electron chi connectivity index (χ4n) is 3.98. The third kappa shape index (κ3) is 5.71. The van der Waals surface area contributed by atoms with E-state index in [-0.39, 0.29) is 18.4 Å². The summed E-state index contributed by atoms with van der Waals surface area (Å²) in [5.74, 6) is -0.131. The molecule has 5 N–H and O–H groups in total. The first-order valence-corrected chi connectivity index (χ1v) is 11.9. The third-order valence-electron chi connectivity index (χ3n) is 5.50. The standard InChI is InChI=1S/C23H25BrN4O2S/c24-18-11-14(6-8-19(18)28-21(29)12-17-13-31-23(25)27-17)10-16-7-9-20(26-16)22(30)15-4-2-1-3-5-15/h1-6,8,11,13,16,20,22,26,30H,7,9-10,12H2,(H2,25,27)(H,28,29)/t16?,20-,22-/m1/s1. The van der Waals surface area contributed by atoms with E-state index in [2.05, 4.69) is 31.5 Å². The number of rotatable bonds is 7. The van der Waals surface area contributed by atoms with E-state index in [4.69, 9.17) is 5.73 Å². The van der Waals surface area contributed by atoms with Crippen LogP contribution in [0.15, 0.2) is 58.4 Å². The highest BCUT2D eigenvalue weighted by atomic mass is 79.9. The highest BCUT2D eigenvalue weighted by Gasteiger charge is 2.29. The number of nitrogens with zero attached hydrogens (tertiary/aromatic N) is 1. The van der Waals surface area contributed by atoms with Crippen molar-refractivity contribution in [1.82, 2.24) is 10.3 Å². The summed E-state index contributed by atoms with van der Waals surface area (Å²) in [5.41, 5.74) is 9.14. The number of hydrogen-bond acceptors (Lipinski definition) is 6. The number of nitrogens with one attached hydrogen (secondary N) is 2. The molecule has 1 saturated heterocycles. The van der Waals surface area contributed by atoms with Crippen molar-refractivity contribution in [2.24, 2.45) is 0 Å². The van der Waals surface area contributed by atoms with Crippen molar-refractivity contribution in [1.29, 1.82) is 0 Å². The van der Waals surface area contributed by atoms with Gasteiger partial charge in [-0.05, 0) is 58.5 Å². The van der Waals surface area contributed by atoms with Gasteiger partial charge < -0.3 is 21.5 Å². The molecule has 1 aromatic heterocycles. The molecule has 162 valence electrons. The Morgan fingerprint density at radius 1 is 1.29 bits per heavy atom. The summed E-state index contributed by atoms with van der Waals surface area (Å²) < 4.78 is 0.843. The van der Waals surface area contributed by atoms with Crippen LogP contribution in [-0.4, -0.2) is 28.1 Å². The molecule has 0 spiro atoms. The van der Waals surface area contributed by atoms with Crippen LogP contribution in [0.2, 0.25) is 0 Å². The van der Waals surface area contributed by atoms with Gasteiger partial charge in [-0.2, -0.15) is 0 Å². The van der Waals surface area contributed by atoms with Crippen molar-refractivity contribution < 1.29 is 9.90 Å². The van der Waals surface area contributed by atoms with E-state index < -0.39 is 6.10 Å². The number of hydrogen-bond donors (Lipinski definition) is 4. The highest BCUT2D eigenvalue weighted by molar-refractivity contribution is 9.10. The van der Waals surface area contributed by atoms with E-state index >= 15 is 0 Å². The van der Waals surface area contributed by atoms with Gasteiger partial charge in [0, 0.05) is 21.9 Å². The lowest BCUT2D eigenvalue weighted by molar-refractivity contribution is -0.115.